The highest BCUT2D eigenvalue weighted by atomic mass is 35.5. The van der Waals surface area contributed by atoms with E-state index in [9.17, 15) is 0 Å². The Morgan fingerprint density at radius 3 is 2.90 bits per heavy atom. The van der Waals surface area contributed by atoms with Crippen molar-refractivity contribution >= 4 is 29.1 Å². The van der Waals surface area contributed by atoms with Gasteiger partial charge in [0.15, 0.2) is 5.82 Å². The number of morpholine rings is 1. The van der Waals surface area contributed by atoms with Crippen LogP contribution in [0.3, 0.4) is 0 Å². The van der Waals surface area contributed by atoms with E-state index in [4.69, 9.17) is 26.2 Å². The molecule has 0 aromatic carbocycles. The van der Waals surface area contributed by atoms with Crippen molar-refractivity contribution in [2.24, 2.45) is 0 Å². The first-order chi connectivity index (χ1) is 14.7. The lowest BCUT2D eigenvalue weighted by molar-refractivity contribution is -0.0200. The predicted molar refractivity (Wildman–Crippen MR) is 113 cm³/mol. The van der Waals surface area contributed by atoms with Crippen molar-refractivity contribution in [2.45, 2.75) is 56.8 Å². The summed E-state index contributed by atoms with van der Waals surface area (Å²) < 4.78 is 13.9. The van der Waals surface area contributed by atoms with Gasteiger partial charge in [-0.15, -0.1) is 5.10 Å². The van der Waals surface area contributed by atoms with Crippen molar-refractivity contribution in [2.75, 3.05) is 36.9 Å². The Hall–Kier alpha value is -2.10. The Bertz CT molecular complexity index is 961. The molecule has 9 nitrogen and oxygen atoms in total. The third-order valence-electron chi connectivity index (χ3n) is 6.80. The quantitative estimate of drug-likeness (QED) is 0.750. The summed E-state index contributed by atoms with van der Waals surface area (Å²) in [7, 11) is 0. The Kier molecular flexibility index (Phi) is 4.51. The highest BCUT2D eigenvalue weighted by Gasteiger charge is 2.46. The van der Waals surface area contributed by atoms with Crippen LogP contribution < -0.4 is 15.4 Å². The molecule has 10 heteroatoms. The zero-order valence-corrected chi connectivity index (χ0v) is 17.7. The maximum Gasteiger partial charge on any atom is 0.257 e. The van der Waals surface area contributed by atoms with E-state index in [1.807, 2.05) is 0 Å². The van der Waals surface area contributed by atoms with Crippen molar-refractivity contribution in [3.8, 4) is 5.88 Å². The number of aromatic nitrogens is 4. The number of halogens is 1. The van der Waals surface area contributed by atoms with Gasteiger partial charge in [0.25, 0.3) is 5.88 Å². The summed E-state index contributed by atoms with van der Waals surface area (Å²) in [5.41, 5.74) is 1.88. The first kappa shape index (κ1) is 18.7. The van der Waals surface area contributed by atoms with Gasteiger partial charge in [-0.2, -0.15) is 4.98 Å². The zero-order valence-electron chi connectivity index (χ0n) is 17.0. The van der Waals surface area contributed by atoms with Crippen LogP contribution in [0.2, 0.25) is 5.02 Å². The molecule has 0 radical (unpaired) electrons. The van der Waals surface area contributed by atoms with Gasteiger partial charge in [0.1, 0.15) is 10.7 Å². The van der Waals surface area contributed by atoms with E-state index < -0.39 is 0 Å². The number of ether oxygens (including phenoxy) is 2. The van der Waals surface area contributed by atoms with Gasteiger partial charge in [0.2, 0.25) is 5.95 Å². The standard InChI is InChI=1S/C20H26ClN7O2/c1-11-17-19(29-4-2-3-22-18-16(21)8-23-20(24-17)25-18)26-28(11)13-5-12(6-13)27-9-15-7-14(27)10-30-15/h8,12-15H,2-7,9-10H2,1H3,(H2,22,23,24,25)/t12?,13?,14-,15-/m0/s1. The molecule has 1 saturated carbocycles. The molecule has 2 aromatic rings. The lowest BCUT2D eigenvalue weighted by Crippen LogP contribution is -2.50. The Labute approximate surface area is 180 Å². The van der Waals surface area contributed by atoms with E-state index in [0.717, 1.165) is 50.3 Å². The second-order valence-electron chi connectivity index (χ2n) is 8.67. The maximum absolute atomic E-state index is 6.21. The molecule has 2 saturated heterocycles. The maximum atomic E-state index is 6.21. The molecular formula is C20H26ClN7O2. The summed E-state index contributed by atoms with van der Waals surface area (Å²) in [6, 6.07) is 1.65. The van der Waals surface area contributed by atoms with Crippen LogP contribution in [-0.4, -0.2) is 69.1 Å². The summed E-state index contributed by atoms with van der Waals surface area (Å²) in [5.74, 6) is 1.73. The van der Waals surface area contributed by atoms with Crippen LogP contribution in [0.5, 0.6) is 5.88 Å². The highest BCUT2D eigenvalue weighted by Crippen LogP contribution is 2.43. The molecule has 30 heavy (non-hydrogen) atoms. The largest absolute Gasteiger partial charge is 0.475 e. The molecule has 1 aliphatic carbocycles. The number of hydrogen-bond acceptors (Lipinski definition) is 8. The minimum absolute atomic E-state index is 0.393. The summed E-state index contributed by atoms with van der Waals surface area (Å²) in [6.07, 6.45) is 6.33. The zero-order chi connectivity index (χ0) is 20.2. The van der Waals surface area contributed by atoms with Crippen LogP contribution in [0.15, 0.2) is 6.20 Å². The lowest BCUT2D eigenvalue weighted by Gasteiger charge is -2.44. The molecule has 6 rings (SSSR count). The first-order valence-electron chi connectivity index (χ1n) is 10.8. The number of likely N-dealkylation sites (tertiary alicyclic amines) is 1. The van der Waals surface area contributed by atoms with Crippen molar-refractivity contribution in [3.05, 3.63) is 16.9 Å². The molecule has 0 amide bonds. The molecule has 2 N–H and O–H groups in total. The minimum atomic E-state index is 0.393. The topological polar surface area (TPSA) is 89.4 Å². The van der Waals surface area contributed by atoms with Crippen molar-refractivity contribution in [1.29, 1.82) is 0 Å². The van der Waals surface area contributed by atoms with Crippen LogP contribution in [0.25, 0.3) is 0 Å². The average Bonchev–Trinajstić information content (AvgIpc) is 3.39. The van der Waals surface area contributed by atoms with E-state index in [1.165, 1.54) is 6.42 Å². The number of nitrogens with zero attached hydrogens (tertiary/aromatic N) is 5. The molecule has 3 fully saturated rings. The number of nitrogens with one attached hydrogen (secondary N) is 2. The third kappa shape index (κ3) is 3.11. The average molecular weight is 432 g/mol. The Morgan fingerprint density at radius 1 is 1.20 bits per heavy atom. The fourth-order valence-electron chi connectivity index (χ4n) is 5.11. The highest BCUT2D eigenvalue weighted by molar-refractivity contribution is 6.32. The normalized spacial score (nSPS) is 30.5. The van der Waals surface area contributed by atoms with Crippen LogP contribution in [0.1, 0.15) is 37.4 Å². The minimum Gasteiger partial charge on any atom is -0.475 e. The van der Waals surface area contributed by atoms with E-state index in [2.05, 4.69) is 37.1 Å². The molecule has 0 spiro atoms. The van der Waals surface area contributed by atoms with Gasteiger partial charge >= 0.3 is 0 Å². The molecule has 4 bridgehead atoms. The Morgan fingerprint density at radius 2 is 2.10 bits per heavy atom. The lowest BCUT2D eigenvalue weighted by atomic mass is 9.85. The van der Waals surface area contributed by atoms with Crippen LogP contribution in [0.4, 0.5) is 17.5 Å². The Balaban J connectivity index is 1.23. The van der Waals surface area contributed by atoms with Gasteiger partial charge in [0, 0.05) is 25.2 Å². The number of hydrogen-bond donors (Lipinski definition) is 2. The molecule has 2 atom stereocenters. The van der Waals surface area contributed by atoms with Gasteiger partial charge in [-0.3, -0.25) is 9.58 Å². The van der Waals surface area contributed by atoms with E-state index in [1.54, 1.807) is 6.20 Å². The molecular weight excluding hydrogens is 406 g/mol. The second kappa shape index (κ2) is 7.25. The molecule has 3 aliphatic heterocycles. The van der Waals surface area contributed by atoms with Gasteiger partial charge in [-0.25, -0.2) is 4.98 Å². The van der Waals surface area contributed by atoms with Crippen LogP contribution >= 0.6 is 11.6 Å². The first-order valence-corrected chi connectivity index (χ1v) is 11.2. The molecule has 2 aromatic heterocycles. The summed E-state index contributed by atoms with van der Waals surface area (Å²) in [4.78, 5) is 11.5. The second-order valence-corrected chi connectivity index (χ2v) is 9.08. The van der Waals surface area contributed by atoms with Gasteiger partial charge in [-0.05, 0) is 32.6 Å². The monoisotopic (exact) mass is 431 g/mol. The third-order valence-corrected chi connectivity index (χ3v) is 7.07. The molecule has 0 unspecified atom stereocenters. The van der Waals surface area contributed by atoms with E-state index in [-0.39, 0.29) is 0 Å². The fourth-order valence-corrected chi connectivity index (χ4v) is 5.27. The summed E-state index contributed by atoms with van der Waals surface area (Å²) in [6.45, 7) is 5.36. The fraction of sp³-hybridized carbons (Fsp3) is 0.650. The van der Waals surface area contributed by atoms with Crippen molar-refractivity contribution in [1.82, 2.24) is 24.6 Å². The summed E-state index contributed by atoms with van der Waals surface area (Å²) in [5, 5.41) is 11.9. The molecule has 4 aliphatic rings. The van der Waals surface area contributed by atoms with Gasteiger partial charge < -0.3 is 20.1 Å². The van der Waals surface area contributed by atoms with E-state index in [0.29, 0.717) is 53.5 Å². The van der Waals surface area contributed by atoms with Gasteiger partial charge in [0.05, 0.1) is 37.3 Å². The molecule has 5 heterocycles. The predicted octanol–water partition coefficient (Wildman–Crippen LogP) is 2.75. The van der Waals surface area contributed by atoms with Crippen LogP contribution in [0, 0.1) is 6.92 Å². The number of fused-ring (bicyclic) bond motifs is 5. The number of rotatable bonds is 2. The SMILES string of the molecule is Cc1c2c(nn1C1CC(N3C[C@@H]4C[C@H]3CO4)C1)OCCCNc1nc(ncc1Cl)N2. The van der Waals surface area contributed by atoms with Crippen LogP contribution in [-0.2, 0) is 4.74 Å². The smallest absolute Gasteiger partial charge is 0.257 e. The number of anilines is 3. The van der Waals surface area contributed by atoms with E-state index >= 15 is 0 Å². The molecule has 160 valence electrons. The van der Waals surface area contributed by atoms with Crippen molar-refractivity contribution < 1.29 is 9.47 Å². The van der Waals surface area contributed by atoms with Gasteiger partial charge in [-0.1, -0.05) is 11.6 Å². The van der Waals surface area contributed by atoms with Crippen molar-refractivity contribution in [3.63, 3.8) is 0 Å². The summed E-state index contributed by atoms with van der Waals surface area (Å²) >= 11 is 6.21.